The molecule has 0 aromatic heterocycles. The Morgan fingerprint density at radius 1 is 1.46 bits per heavy atom. The van der Waals surface area contributed by atoms with Crippen molar-refractivity contribution >= 4 is 11.9 Å². The molecule has 6 heteroatoms. The molecule has 0 radical (unpaired) electrons. The number of aliphatic hydroxyl groups is 1. The number of nitrogens with one attached hydrogen (secondary N) is 2. The Morgan fingerprint density at radius 2 is 2.08 bits per heavy atom. The lowest BCUT2D eigenvalue weighted by Gasteiger charge is -2.12. The lowest BCUT2D eigenvalue weighted by Crippen LogP contribution is -2.44. The van der Waals surface area contributed by atoms with E-state index >= 15 is 0 Å². The summed E-state index contributed by atoms with van der Waals surface area (Å²) in [5, 5.41) is 21.9. The molecule has 0 saturated heterocycles. The first-order chi connectivity index (χ1) is 6.11. The quantitative estimate of drug-likeness (QED) is 0.394. The average molecular weight is 190 g/mol. The van der Waals surface area contributed by atoms with E-state index in [-0.39, 0.29) is 19.6 Å². The highest BCUT2D eigenvalue weighted by molar-refractivity contribution is 5.84. The maximum Gasteiger partial charge on any atom is 0.326 e. The van der Waals surface area contributed by atoms with Crippen LogP contribution < -0.4 is 10.6 Å². The van der Waals surface area contributed by atoms with E-state index in [2.05, 4.69) is 10.6 Å². The number of carbonyl (C=O) groups is 2. The van der Waals surface area contributed by atoms with Gasteiger partial charge in [0.05, 0.1) is 6.54 Å². The van der Waals surface area contributed by atoms with Crippen LogP contribution in [0.2, 0.25) is 0 Å². The minimum atomic E-state index is -1.14. The minimum Gasteiger partial charge on any atom is -0.480 e. The van der Waals surface area contributed by atoms with E-state index in [4.69, 9.17) is 10.2 Å². The second kappa shape index (κ2) is 6.38. The van der Waals surface area contributed by atoms with Crippen molar-refractivity contribution in [3.63, 3.8) is 0 Å². The van der Waals surface area contributed by atoms with Crippen LogP contribution in [0.3, 0.4) is 0 Å². The van der Waals surface area contributed by atoms with Gasteiger partial charge in [0.15, 0.2) is 0 Å². The average Bonchev–Trinajstić information content (AvgIpc) is 2.04. The van der Waals surface area contributed by atoms with E-state index in [1.165, 1.54) is 0 Å². The minimum absolute atomic E-state index is 0.0186. The van der Waals surface area contributed by atoms with Gasteiger partial charge in [0.1, 0.15) is 6.04 Å². The molecular formula is C7H14N2O4. The SMILES string of the molecule is CNCC(=O)N[C@H](CCO)C(=O)O. The molecule has 0 saturated carbocycles. The largest absolute Gasteiger partial charge is 0.480 e. The Kier molecular flexibility index (Phi) is 5.82. The smallest absolute Gasteiger partial charge is 0.326 e. The zero-order valence-electron chi connectivity index (χ0n) is 7.41. The monoisotopic (exact) mass is 190 g/mol. The zero-order valence-corrected chi connectivity index (χ0v) is 7.41. The fraction of sp³-hybridized carbons (Fsp3) is 0.714. The van der Waals surface area contributed by atoms with Crippen LogP contribution in [0.1, 0.15) is 6.42 Å². The van der Waals surface area contributed by atoms with Crippen molar-refractivity contribution in [3.8, 4) is 0 Å². The molecule has 0 aromatic rings. The van der Waals surface area contributed by atoms with Gasteiger partial charge < -0.3 is 20.8 Å². The lowest BCUT2D eigenvalue weighted by atomic mass is 10.2. The molecule has 1 atom stereocenters. The van der Waals surface area contributed by atoms with Gasteiger partial charge >= 0.3 is 5.97 Å². The van der Waals surface area contributed by atoms with E-state index in [9.17, 15) is 9.59 Å². The predicted octanol–water partition coefficient (Wildman–Crippen LogP) is -1.84. The highest BCUT2D eigenvalue weighted by Crippen LogP contribution is 1.90. The van der Waals surface area contributed by atoms with Crippen molar-refractivity contribution in [3.05, 3.63) is 0 Å². The van der Waals surface area contributed by atoms with E-state index in [0.717, 1.165) is 0 Å². The summed E-state index contributed by atoms with van der Waals surface area (Å²) >= 11 is 0. The molecule has 76 valence electrons. The van der Waals surface area contributed by atoms with Crippen molar-refractivity contribution in [1.29, 1.82) is 0 Å². The molecule has 13 heavy (non-hydrogen) atoms. The Labute approximate surface area is 75.9 Å². The second-order valence-electron chi connectivity index (χ2n) is 2.50. The number of hydrogen-bond acceptors (Lipinski definition) is 4. The summed E-state index contributed by atoms with van der Waals surface area (Å²) in [5.74, 6) is -1.54. The van der Waals surface area contributed by atoms with Gasteiger partial charge in [0.2, 0.25) is 5.91 Å². The molecule has 0 unspecified atom stereocenters. The van der Waals surface area contributed by atoms with Gasteiger partial charge in [-0.2, -0.15) is 0 Å². The van der Waals surface area contributed by atoms with Gasteiger partial charge in [0.25, 0.3) is 0 Å². The van der Waals surface area contributed by atoms with Gasteiger partial charge in [-0.15, -0.1) is 0 Å². The summed E-state index contributed by atoms with van der Waals surface area (Å²) in [6.45, 7) is -0.202. The molecule has 0 rings (SSSR count). The number of carboxylic acids is 1. The van der Waals surface area contributed by atoms with Crippen molar-refractivity contribution in [2.45, 2.75) is 12.5 Å². The number of aliphatic hydroxyl groups excluding tert-OH is 1. The summed E-state index contributed by atoms with van der Waals surface area (Å²) in [5.41, 5.74) is 0. The number of amides is 1. The Balaban J connectivity index is 3.94. The molecule has 0 bridgehead atoms. The molecule has 0 aliphatic carbocycles. The van der Waals surface area contributed by atoms with Gasteiger partial charge in [-0.1, -0.05) is 0 Å². The number of rotatable bonds is 6. The van der Waals surface area contributed by atoms with Crippen molar-refractivity contribution in [2.75, 3.05) is 20.2 Å². The maximum absolute atomic E-state index is 10.9. The molecule has 0 aromatic carbocycles. The first-order valence-electron chi connectivity index (χ1n) is 3.89. The van der Waals surface area contributed by atoms with E-state index in [1.54, 1.807) is 7.05 Å². The van der Waals surface area contributed by atoms with Crippen LogP contribution >= 0.6 is 0 Å². The summed E-state index contributed by atoms with van der Waals surface area (Å²) in [6, 6.07) is -1.01. The maximum atomic E-state index is 10.9. The second-order valence-corrected chi connectivity index (χ2v) is 2.50. The van der Waals surface area contributed by atoms with E-state index in [0.29, 0.717) is 0 Å². The lowest BCUT2D eigenvalue weighted by molar-refractivity contribution is -0.142. The highest BCUT2D eigenvalue weighted by Gasteiger charge is 2.18. The van der Waals surface area contributed by atoms with Crippen LogP contribution in [0.25, 0.3) is 0 Å². The fourth-order valence-corrected chi connectivity index (χ4v) is 0.792. The van der Waals surface area contributed by atoms with Gasteiger partial charge in [-0.25, -0.2) is 4.79 Å². The zero-order chi connectivity index (χ0) is 10.3. The Bertz CT molecular complexity index is 183. The van der Waals surface area contributed by atoms with Crippen molar-refractivity contribution in [2.24, 2.45) is 0 Å². The van der Waals surface area contributed by atoms with Crippen LogP contribution in [-0.4, -0.2) is 48.3 Å². The van der Waals surface area contributed by atoms with Crippen LogP contribution in [-0.2, 0) is 9.59 Å². The van der Waals surface area contributed by atoms with E-state index in [1.807, 2.05) is 0 Å². The fourth-order valence-electron chi connectivity index (χ4n) is 0.792. The topological polar surface area (TPSA) is 98.7 Å². The first-order valence-corrected chi connectivity index (χ1v) is 3.89. The summed E-state index contributed by atoms with van der Waals surface area (Å²) < 4.78 is 0. The number of hydrogen-bond donors (Lipinski definition) is 4. The van der Waals surface area contributed by atoms with Crippen molar-refractivity contribution < 1.29 is 19.8 Å². The standard InChI is InChI=1S/C7H14N2O4/c1-8-4-6(11)9-5(2-3-10)7(12)13/h5,8,10H,2-4H2,1H3,(H,9,11)(H,12,13)/t5-/m1/s1. The Morgan fingerprint density at radius 3 is 2.46 bits per heavy atom. The molecule has 6 nitrogen and oxygen atoms in total. The van der Waals surface area contributed by atoms with Gasteiger partial charge in [-0.3, -0.25) is 4.79 Å². The summed E-state index contributed by atoms with van der Waals surface area (Å²) in [7, 11) is 1.58. The molecule has 0 fully saturated rings. The van der Waals surface area contributed by atoms with Crippen LogP contribution in [0.5, 0.6) is 0 Å². The predicted molar refractivity (Wildman–Crippen MR) is 45.2 cm³/mol. The Hall–Kier alpha value is -1.14. The number of carbonyl (C=O) groups excluding carboxylic acids is 1. The third-order valence-electron chi connectivity index (χ3n) is 1.39. The van der Waals surface area contributed by atoms with E-state index < -0.39 is 17.9 Å². The highest BCUT2D eigenvalue weighted by atomic mass is 16.4. The summed E-state index contributed by atoms with van der Waals surface area (Å²) in [6.07, 6.45) is 0.0186. The van der Waals surface area contributed by atoms with Crippen LogP contribution in [0.4, 0.5) is 0 Å². The number of aliphatic carboxylic acids is 1. The number of likely N-dealkylation sites (N-methyl/N-ethyl adjacent to an activating group) is 1. The number of carboxylic acid groups (broad SMARTS) is 1. The van der Waals surface area contributed by atoms with Gasteiger partial charge in [0, 0.05) is 13.0 Å². The van der Waals surface area contributed by atoms with Crippen LogP contribution in [0.15, 0.2) is 0 Å². The molecule has 1 amide bonds. The summed E-state index contributed by atoms with van der Waals surface area (Å²) in [4.78, 5) is 21.4. The normalized spacial score (nSPS) is 12.2. The van der Waals surface area contributed by atoms with Gasteiger partial charge in [-0.05, 0) is 7.05 Å². The first kappa shape index (κ1) is 11.9. The van der Waals surface area contributed by atoms with Crippen LogP contribution in [0, 0.1) is 0 Å². The molecule has 0 aliphatic heterocycles. The molecule has 0 aliphatic rings. The molecular weight excluding hydrogens is 176 g/mol. The van der Waals surface area contributed by atoms with Crippen molar-refractivity contribution in [1.82, 2.24) is 10.6 Å². The third-order valence-corrected chi connectivity index (χ3v) is 1.39. The molecule has 4 N–H and O–H groups in total. The molecule has 0 heterocycles. The molecule has 0 spiro atoms. The third kappa shape index (κ3) is 5.15.